The van der Waals surface area contributed by atoms with Crippen molar-refractivity contribution in [3.05, 3.63) is 47.3 Å². The van der Waals surface area contributed by atoms with Gasteiger partial charge in [-0.05, 0) is 50.6 Å². The van der Waals surface area contributed by atoms with Crippen LogP contribution in [0, 0.1) is 13.8 Å². The summed E-state index contributed by atoms with van der Waals surface area (Å²) in [6.45, 7) is 4.92. The van der Waals surface area contributed by atoms with Crippen molar-refractivity contribution in [3.8, 4) is 11.4 Å². The summed E-state index contributed by atoms with van der Waals surface area (Å²) >= 11 is 0. The SMILES string of the molecule is COc1ccccc1-n1c(C)cc(CCN)c1C. The van der Waals surface area contributed by atoms with E-state index in [2.05, 4.69) is 30.5 Å². The van der Waals surface area contributed by atoms with E-state index < -0.39 is 0 Å². The molecule has 1 heterocycles. The Kier molecular flexibility index (Phi) is 3.72. The first kappa shape index (κ1) is 12.7. The molecule has 2 rings (SSSR count). The van der Waals surface area contributed by atoms with Gasteiger partial charge in [0.15, 0.2) is 0 Å². The molecule has 1 aromatic heterocycles. The summed E-state index contributed by atoms with van der Waals surface area (Å²) in [6, 6.07) is 10.3. The van der Waals surface area contributed by atoms with Crippen molar-refractivity contribution in [2.45, 2.75) is 20.3 Å². The van der Waals surface area contributed by atoms with Gasteiger partial charge in [-0.2, -0.15) is 0 Å². The number of benzene rings is 1. The molecule has 1 aromatic carbocycles. The van der Waals surface area contributed by atoms with Crippen molar-refractivity contribution >= 4 is 0 Å². The maximum absolute atomic E-state index is 5.65. The van der Waals surface area contributed by atoms with Crippen LogP contribution >= 0.6 is 0 Å². The smallest absolute Gasteiger partial charge is 0.142 e. The van der Waals surface area contributed by atoms with Crippen LogP contribution in [-0.4, -0.2) is 18.2 Å². The van der Waals surface area contributed by atoms with E-state index in [1.165, 1.54) is 17.0 Å². The molecule has 0 bridgehead atoms. The molecule has 0 spiro atoms. The lowest BCUT2D eigenvalue weighted by atomic mass is 10.2. The highest BCUT2D eigenvalue weighted by Crippen LogP contribution is 2.27. The third-order valence-electron chi connectivity index (χ3n) is 3.28. The summed E-state index contributed by atoms with van der Waals surface area (Å²) in [5, 5.41) is 0. The van der Waals surface area contributed by atoms with E-state index in [0.717, 1.165) is 17.9 Å². The third-order valence-corrected chi connectivity index (χ3v) is 3.28. The molecule has 96 valence electrons. The largest absolute Gasteiger partial charge is 0.495 e. The minimum atomic E-state index is 0.677. The van der Waals surface area contributed by atoms with E-state index in [1.807, 2.05) is 18.2 Å². The molecule has 0 aliphatic carbocycles. The Morgan fingerprint density at radius 1 is 1.22 bits per heavy atom. The molecule has 0 amide bonds. The van der Waals surface area contributed by atoms with Crippen molar-refractivity contribution in [1.29, 1.82) is 0 Å². The topological polar surface area (TPSA) is 40.2 Å². The van der Waals surface area contributed by atoms with E-state index in [-0.39, 0.29) is 0 Å². The van der Waals surface area contributed by atoms with E-state index in [0.29, 0.717) is 6.54 Å². The highest BCUT2D eigenvalue weighted by atomic mass is 16.5. The highest BCUT2D eigenvalue weighted by molar-refractivity contribution is 5.50. The van der Waals surface area contributed by atoms with Gasteiger partial charge < -0.3 is 15.0 Å². The van der Waals surface area contributed by atoms with Crippen LogP contribution in [0.5, 0.6) is 5.75 Å². The van der Waals surface area contributed by atoms with Crippen LogP contribution in [0.15, 0.2) is 30.3 Å². The molecule has 0 fully saturated rings. The number of hydrogen-bond acceptors (Lipinski definition) is 2. The lowest BCUT2D eigenvalue weighted by molar-refractivity contribution is 0.412. The zero-order chi connectivity index (χ0) is 13.1. The number of hydrogen-bond donors (Lipinski definition) is 1. The Hall–Kier alpha value is -1.74. The molecule has 0 aliphatic rings. The van der Waals surface area contributed by atoms with E-state index in [4.69, 9.17) is 10.5 Å². The monoisotopic (exact) mass is 244 g/mol. The molecule has 0 unspecified atom stereocenters. The summed E-state index contributed by atoms with van der Waals surface area (Å²) in [4.78, 5) is 0. The van der Waals surface area contributed by atoms with Crippen LogP contribution in [0.4, 0.5) is 0 Å². The van der Waals surface area contributed by atoms with Crippen molar-refractivity contribution < 1.29 is 4.74 Å². The Morgan fingerprint density at radius 2 is 1.94 bits per heavy atom. The molecule has 3 nitrogen and oxygen atoms in total. The lowest BCUT2D eigenvalue weighted by Gasteiger charge is -2.13. The van der Waals surface area contributed by atoms with E-state index in [1.54, 1.807) is 7.11 Å². The van der Waals surface area contributed by atoms with Gasteiger partial charge in [-0.1, -0.05) is 12.1 Å². The van der Waals surface area contributed by atoms with Gasteiger partial charge in [-0.3, -0.25) is 0 Å². The second kappa shape index (κ2) is 5.27. The molecular weight excluding hydrogens is 224 g/mol. The third kappa shape index (κ3) is 2.14. The fourth-order valence-electron chi connectivity index (χ4n) is 2.42. The normalized spacial score (nSPS) is 10.7. The molecule has 0 aliphatic heterocycles. The highest BCUT2D eigenvalue weighted by Gasteiger charge is 2.12. The summed E-state index contributed by atoms with van der Waals surface area (Å²) in [6.07, 6.45) is 0.912. The van der Waals surface area contributed by atoms with Crippen molar-refractivity contribution in [3.63, 3.8) is 0 Å². The minimum Gasteiger partial charge on any atom is -0.495 e. The van der Waals surface area contributed by atoms with Gasteiger partial charge in [0.25, 0.3) is 0 Å². The van der Waals surface area contributed by atoms with Crippen LogP contribution in [-0.2, 0) is 6.42 Å². The van der Waals surface area contributed by atoms with E-state index in [9.17, 15) is 0 Å². The molecule has 0 atom stereocenters. The Labute approximate surface area is 108 Å². The number of rotatable bonds is 4. The van der Waals surface area contributed by atoms with Gasteiger partial charge in [0.2, 0.25) is 0 Å². The van der Waals surface area contributed by atoms with Crippen molar-refractivity contribution in [2.24, 2.45) is 5.73 Å². The van der Waals surface area contributed by atoms with Gasteiger partial charge >= 0.3 is 0 Å². The number of aromatic nitrogens is 1. The molecular formula is C15H20N2O. The number of para-hydroxylation sites is 2. The van der Waals surface area contributed by atoms with Crippen LogP contribution in [0.3, 0.4) is 0 Å². The average molecular weight is 244 g/mol. The fourth-order valence-corrected chi connectivity index (χ4v) is 2.42. The van der Waals surface area contributed by atoms with Crippen LogP contribution in [0.25, 0.3) is 5.69 Å². The number of methoxy groups -OCH3 is 1. The maximum atomic E-state index is 5.65. The fraction of sp³-hybridized carbons (Fsp3) is 0.333. The standard InChI is InChI=1S/C15H20N2O/c1-11-10-13(8-9-16)12(2)17(11)14-6-4-5-7-15(14)18-3/h4-7,10H,8-9,16H2,1-3H3. The second-order valence-electron chi connectivity index (χ2n) is 4.44. The zero-order valence-electron chi connectivity index (χ0n) is 11.2. The van der Waals surface area contributed by atoms with Gasteiger partial charge in [0.1, 0.15) is 5.75 Å². The molecule has 2 aromatic rings. The number of nitrogens with two attached hydrogens (primary N) is 1. The van der Waals surface area contributed by atoms with Crippen LogP contribution < -0.4 is 10.5 Å². The lowest BCUT2D eigenvalue weighted by Crippen LogP contribution is -2.05. The second-order valence-corrected chi connectivity index (χ2v) is 4.44. The molecule has 2 N–H and O–H groups in total. The van der Waals surface area contributed by atoms with E-state index >= 15 is 0 Å². The van der Waals surface area contributed by atoms with Gasteiger partial charge in [0, 0.05) is 11.4 Å². The van der Waals surface area contributed by atoms with Gasteiger partial charge in [0.05, 0.1) is 12.8 Å². The zero-order valence-corrected chi connectivity index (χ0v) is 11.2. The Morgan fingerprint density at radius 3 is 2.61 bits per heavy atom. The molecule has 18 heavy (non-hydrogen) atoms. The van der Waals surface area contributed by atoms with Crippen molar-refractivity contribution in [2.75, 3.05) is 13.7 Å². The quantitative estimate of drug-likeness (QED) is 0.898. The first-order valence-corrected chi connectivity index (χ1v) is 6.20. The summed E-state index contributed by atoms with van der Waals surface area (Å²) < 4.78 is 7.66. The summed E-state index contributed by atoms with van der Waals surface area (Å²) in [5.74, 6) is 0.888. The molecule has 3 heteroatoms. The van der Waals surface area contributed by atoms with Crippen molar-refractivity contribution in [1.82, 2.24) is 4.57 Å². The molecule has 0 radical (unpaired) electrons. The van der Waals surface area contributed by atoms with Gasteiger partial charge in [-0.25, -0.2) is 0 Å². The predicted octanol–water partition coefficient (Wildman–Crippen LogP) is 2.60. The number of ether oxygens (including phenoxy) is 1. The maximum Gasteiger partial charge on any atom is 0.142 e. The Balaban J connectivity index is 2.57. The summed E-state index contributed by atoms with van der Waals surface area (Å²) in [5.41, 5.74) is 10.5. The number of nitrogens with zero attached hydrogens (tertiary/aromatic N) is 1. The summed E-state index contributed by atoms with van der Waals surface area (Å²) in [7, 11) is 1.70. The molecule has 0 saturated heterocycles. The average Bonchev–Trinajstić information content (AvgIpc) is 2.65. The van der Waals surface area contributed by atoms with Crippen LogP contribution in [0.1, 0.15) is 17.0 Å². The predicted molar refractivity (Wildman–Crippen MR) is 74.6 cm³/mol. The molecule has 0 saturated carbocycles. The van der Waals surface area contributed by atoms with Gasteiger partial charge in [-0.15, -0.1) is 0 Å². The Bertz CT molecular complexity index is 543. The first-order chi connectivity index (χ1) is 8.69. The van der Waals surface area contributed by atoms with Crippen LogP contribution in [0.2, 0.25) is 0 Å². The minimum absolute atomic E-state index is 0.677. The first-order valence-electron chi connectivity index (χ1n) is 6.20. The number of aryl methyl sites for hydroxylation is 1.